The van der Waals surface area contributed by atoms with Crippen LogP contribution in [0.5, 0.6) is 0 Å². The molecule has 0 bridgehead atoms. The van der Waals surface area contributed by atoms with E-state index in [1.807, 2.05) is 30.3 Å². The Hall–Kier alpha value is -1.27. The summed E-state index contributed by atoms with van der Waals surface area (Å²) < 4.78 is 25.6. The molecule has 2 aromatic rings. The van der Waals surface area contributed by atoms with Crippen molar-refractivity contribution in [1.82, 2.24) is 4.90 Å². The van der Waals surface area contributed by atoms with Crippen molar-refractivity contribution in [1.29, 1.82) is 0 Å². The number of likely N-dealkylation sites (tertiary alicyclic amines) is 1. The SMILES string of the molecule is CC1(c2cccc(NS(C)(=O)=O)c2)C2CN(CCCc3ccc(Cl)c(Cl)c3)CC21. The van der Waals surface area contributed by atoms with Crippen LogP contribution in [0.3, 0.4) is 0 Å². The Morgan fingerprint density at radius 2 is 1.83 bits per heavy atom. The predicted molar refractivity (Wildman–Crippen MR) is 120 cm³/mol. The molecule has 2 atom stereocenters. The fourth-order valence-corrected chi connectivity index (χ4v) is 5.78. The Morgan fingerprint density at radius 1 is 1.10 bits per heavy atom. The maximum Gasteiger partial charge on any atom is 0.229 e. The van der Waals surface area contributed by atoms with E-state index >= 15 is 0 Å². The lowest BCUT2D eigenvalue weighted by Gasteiger charge is -2.24. The van der Waals surface area contributed by atoms with Gasteiger partial charge >= 0.3 is 0 Å². The van der Waals surface area contributed by atoms with Gasteiger partial charge in [0.25, 0.3) is 0 Å². The van der Waals surface area contributed by atoms with Crippen molar-refractivity contribution in [3.05, 3.63) is 63.6 Å². The van der Waals surface area contributed by atoms with Crippen LogP contribution in [-0.4, -0.2) is 39.2 Å². The fourth-order valence-electron chi connectivity index (χ4n) is 4.91. The smallest absolute Gasteiger partial charge is 0.229 e. The molecule has 1 aliphatic heterocycles. The van der Waals surface area contributed by atoms with Gasteiger partial charge < -0.3 is 4.90 Å². The number of halogens is 2. The molecule has 2 aromatic carbocycles. The van der Waals surface area contributed by atoms with Gasteiger partial charge in [-0.1, -0.05) is 48.3 Å². The summed E-state index contributed by atoms with van der Waals surface area (Å²) in [6.07, 6.45) is 3.28. The normalized spacial score (nSPS) is 26.3. The molecular formula is C22H26Cl2N2O2S. The largest absolute Gasteiger partial charge is 0.303 e. The van der Waals surface area contributed by atoms with Gasteiger partial charge in [0.1, 0.15) is 0 Å². The van der Waals surface area contributed by atoms with E-state index in [-0.39, 0.29) is 5.41 Å². The van der Waals surface area contributed by atoms with Crippen molar-refractivity contribution in [3.8, 4) is 0 Å². The molecular weight excluding hydrogens is 427 g/mol. The zero-order valence-corrected chi connectivity index (χ0v) is 19.0. The summed E-state index contributed by atoms with van der Waals surface area (Å²) in [5.74, 6) is 1.28. The van der Waals surface area contributed by atoms with E-state index in [0.29, 0.717) is 27.6 Å². The number of hydrogen-bond donors (Lipinski definition) is 1. The summed E-state index contributed by atoms with van der Waals surface area (Å²) >= 11 is 12.1. The van der Waals surface area contributed by atoms with Gasteiger partial charge in [0.15, 0.2) is 0 Å². The highest BCUT2D eigenvalue weighted by Crippen LogP contribution is 2.63. The molecule has 1 heterocycles. The number of benzene rings is 2. The molecule has 2 aliphatic rings. The monoisotopic (exact) mass is 452 g/mol. The molecule has 4 nitrogen and oxygen atoms in total. The van der Waals surface area contributed by atoms with Crippen LogP contribution in [-0.2, 0) is 21.9 Å². The minimum atomic E-state index is -3.26. The minimum Gasteiger partial charge on any atom is -0.303 e. The molecule has 7 heteroatoms. The summed E-state index contributed by atoms with van der Waals surface area (Å²) in [7, 11) is -3.26. The lowest BCUT2D eigenvalue weighted by molar-refractivity contribution is 0.274. The summed E-state index contributed by atoms with van der Waals surface area (Å²) in [5.41, 5.74) is 3.25. The lowest BCUT2D eigenvalue weighted by Crippen LogP contribution is -2.30. The van der Waals surface area contributed by atoms with Gasteiger partial charge in [0.2, 0.25) is 10.0 Å². The predicted octanol–water partition coefficient (Wildman–Crippen LogP) is 4.82. The number of anilines is 1. The first-order valence-corrected chi connectivity index (χ1v) is 12.6. The molecule has 1 saturated heterocycles. The van der Waals surface area contributed by atoms with Crippen LogP contribution in [0.25, 0.3) is 0 Å². The average molecular weight is 453 g/mol. The molecule has 0 spiro atoms. The van der Waals surface area contributed by atoms with Crippen molar-refractivity contribution < 1.29 is 8.42 Å². The highest BCUT2D eigenvalue weighted by Gasteiger charge is 2.65. The summed E-state index contributed by atoms with van der Waals surface area (Å²) in [4.78, 5) is 2.55. The van der Waals surface area contributed by atoms with E-state index in [1.165, 1.54) is 17.4 Å². The molecule has 1 aliphatic carbocycles. The Morgan fingerprint density at radius 3 is 2.48 bits per heavy atom. The summed E-state index contributed by atoms with van der Waals surface area (Å²) in [6.45, 7) is 5.60. The van der Waals surface area contributed by atoms with Crippen LogP contribution in [0.15, 0.2) is 42.5 Å². The second-order valence-corrected chi connectivity index (χ2v) is 11.1. The van der Waals surface area contributed by atoms with Crippen molar-refractivity contribution in [2.75, 3.05) is 30.6 Å². The van der Waals surface area contributed by atoms with Crippen LogP contribution in [0.4, 0.5) is 5.69 Å². The van der Waals surface area contributed by atoms with Gasteiger partial charge in [-0.2, -0.15) is 0 Å². The maximum absolute atomic E-state index is 11.5. The first-order chi connectivity index (χ1) is 13.7. The van der Waals surface area contributed by atoms with Gasteiger partial charge in [0, 0.05) is 24.2 Å². The van der Waals surface area contributed by atoms with Crippen LogP contribution in [0.1, 0.15) is 24.5 Å². The van der Waals surface area contributed by atoms with E-state index in [0.717, 1.165) is 32.5 Å². The van der Waals surface area contributed by atoms with Crippen LogP contribution >= 0.6 is 23.2 Å². The molecule has 29 heavy (non-hydrogen) atoms. The molecule has 156 valence electrons. The van der Waals surface area contributed by atoms with E-state index in [9.17, 15) is 8.42 Å². The van der Waals surface area contributed by atoms with Gasteiger partial charge in [-0.3, -0.25) is 4.72 Å². The third kappa shape index (κ3) is 4.43. The topological polar surface area (TPSA) is 49.4 Å². The number of fused-ring (bicyclic) bond motifs is 1. The molecule has 4 rings (SSSR count). The van der Waals surface area contributed by atoms with Crippen molar-refractivity contribution >= 4 is 38.9 Å². The summed E-state index contributed by atoms with van der Waals surface area (Å²) in [6, 6.07) is 13.7. The van der Waals surface area contributed by atoms with E-state index in [1.54, 1.807) is 6.07 Å². The molecule has 2 fully saturated rings. The quantitative estimate of drug-likeness (QED) is 0.654. The van der Waals surface area contributed by atoms with Crippen LogP contribution in [0, 0.1) is 11.8 Å². The highest BCUT2D eigenvalue weighted by atomic mass is 35.5. The van der Waals surface area contributed by atoms with Crippen molar-refractivity contribution in [2.45, 2.75) is 25.2 Å². The van der Waals surface area contributed by atoms with Crippen LogP contribution in [0.2, 0.25) is 10.0 Å². The Labute approximate surface area is 183 Å². The van der Waals surface area contributed by atoms with Crippen LogP contribution < -0.4 is 4.72 Å². The number of rotatable bonds is 7. The van der Waals surface area contributed by atoms with Gasteiger partial charge in [0.05, 0.1) is 16.3 Å². The molecule has 0 aromatic heterocycles. The molecule has 0 radical (unpaired) electrons. The van der Waals surface area contributed by atoms with E-state index < -0.39 is 10.0 Å². The number of nitrogens with one attached hydrogen (secondary N) is 1. The van der Waals surface area contributed by atoms with Crippen molar-refractivity contribution in [3.63, 3.8) is 0 Å². The van der Waals surface area contributed by atoms with Gasteiger partial charge in [-0.15, -0.1) is 0 Å². The maximum atomic E-state index is 11.5. The zero-order chi connectivity index (χ0) is 20.8. The second kappa shape index (κ2) is 7.77. The zero-order valence-electron chi connectivity index (χ0n) is 16.7. The molecule has 1 N–H and O–H groups in total. The first-order valence-electron chi connectivity index (χ1n) is 9.91. The Balaban J connectivity index is 1.31. The average Bonchev–Trinajstić information content (AvgIpc) is 3.00. The Kier molecular flexibility index (Phi) is 5.62. The number of nitrogens with zero attached hydrogens (tertiary/aromatic N) is 1. The first kappa shape index (κ1) is 21.0. The summed E-state index contributed by atoms with van der Waals surface area (Å²) in [5, 5.41) is 1.22. The number of aryl methyl sites for hydroxylation is 1. The number of sulfonamides is 1. The molecule has 0 amide bonds. The second-order valence-electron chi connectivity index (χ2n) is 8.56. The van der Waals surface area contributed by atoms with Crippen molar-refractivity contribution in [2.24, 2.45) is 11.8 Å². The fraction of sp³-hybridized carbons (Fsp3) is 0.455. The van der Waals surface area contributed by atoms with Gasteiger partial charge in [-0.05, 0) is 66.6 Å². The Bertz CT molecular complexity index is 1010. The third-order valence-corrected chi connectivity index (χ3v) is 7.88. The lowest BCUT2D eigenvalue weighted by atomic mass is 9.92. The molecule has 2 unspecified atom stereocenters. The number of piperidine rings is 1. The number of hydrogen-bond acceptors (Lipinski definition) is 3. The van der Waals surface area contributed by atoms with E-state index in [4.69, 9.17) is 23.2 Å². The third-order valence-electron chi connectivity index (χ3n) is 6.54. The minimum absolute atomic E-state index is 0.148. The van der Waals surface area contributed by atoms with E-state index in [2.05, 4.69) is 22.6 Å². The standard InChI is InChI=1S/C22H26Cl2N2O2S/c1-22(16-6-3-7-17(12-16)25-29(2,27)28)18-13-26(14-19(18)22)10-4-5-15-8-9-20(23)21(24)11-15/h3,6-9,11-12,18-19,25H,4-5,10,13-14H2,1-2H3. The molecule has 1 saturated carbocycles. The highest BCUT2D eigenvalue weighted by molar-refractivity contribution is 7.92. The van der Waals surface area contributed by atoms with Gasteiger partial charge in [-0.25, -0.2) is 8.42 Å².